The molecule has 114 valence electrons. The van der Waals surface area contributed by atoms with Gasteiger partial charge in [0.15, 0.2) is 5.65 Å². The van der Waals surface area contributed by atoms with Gasteiger partial charge < -0.3 is 10.6 Å². The van der Waals surface area contributed by atoms with Crippen molar-refractivity contribution in [1.82, 2.24) is 19.9 Å². The molecule has 2 N–H and O–H groups in total. The average Bonchev–Trinajstić information content (AvgIpc) is 2.73. The molecule has 0 radical (unpaired) electrons. The minimum Gasteiger partial charge on any atom is -0.352 e. The quantitative estimate of drug-likeness (QED) is 0.656. The minimum atomic E-state index is 0.700. The Balaban J connectivity index is 1.47. The van der Waals surface area contributed by atoms with Gasteiger partial charge in [-0.25, -0.2) is 4.52 Å². The normalized spacial score (nSPS) is 17.0. The van der Waals surface area contributed by atoms with Crippen LogP contribution in [0.4, 0.5) is 5.95 Å². The van der Waals surface area contributed by atoms with Gasteiger partial charge in [-0.3, -0.25) is 0 Å². The summed E-state index contributed by atoms with van der Waals surface area (Å²) >= 11 is 0. The molecule has 0 bridgehead atoms. The van der Waals surface area contributed by atoms with Crippen LogP contribution in [0.1, 0.15) is 44.2 Å². The maximum Gasteiger partial charge on any atom is 0.243 e. The third kappa shape index (κ3) is 3.73. The predicted molar refractivity (Wildman–Crippen MR) is 85.7 cm³/mol. The third-order valence-electron chi connectivity index (χ3n) is 4.25. The second-order valence-electron chi connectivity index (χ2n) is 5.94. The van der Waals surface area contributed by atoms with Crippen LogP contribution in [0.3, 0.4) is 0 Å². The van der Waals surface area contributed by atoms with E-state index in [0.29, 0.717) is 12.0 Å². The number of rotatable bonds is 5. The monoisotopic (exact) mass is 287 g/mol. The number of aromatic nitrogens is 3. The summed E-state index contributed by atoms with van der Waals surface area (Å²) in [6.07, 6.45) is 8.20. The van der Waals surface area contributed by atoms with Crippen LogP contribution < -0.4 is 10.6 Å². The van der Waals surface area contributed by atoms with E-state index in [1.165, 1.54) is 38.5 Å². The fourth-order valence-corrected chi connectivity index (χ4v) is 3.04. The molecule has 5 heteroatoms. The van der Waals surface area contributed by atoms with Crippen LogP contribution in [-0.2, 0) is 0 Å². The van der Waals surface area contributed by atoms with Crippen molar-refractivity contribution in [3.05, 3.63) is 23.9 Å². The van der Waals surface area contributed by atoms with Crippen molar-refractivity contribution in [2.75, 3.05) is 18.4 Å². The first kappa shape index (κ1) is 14.3. The average molecular weight is 287 g/mol. The molecule has 5 nitrogen and oxygen atoms in total. The highest BCUT2D eigenvalue weighted by atomic mass is 15.4. The van der Waals surface area contributed by atoms with E-state index < -0.39 is 0 Å². The van der Waals surface area contributed by atoms with Gasteiger partial charge in [-0.1, -0.05) is 31.7 Å². The Morgan fingerprint density at radius 3 is 2.71 bits per heavy atom. The Kier molecular flexibility index (Phi) is 4.70. The molecule has 21 heavy (non-hydrogen) atoms. The fourth-order valence-electron chi connectivity index (χ4n) is 3.04. The van der Waals surface area contributed by atoms with Gasteiger partial charge in [-0.15, -0.1) is 5.10 Å². The molecular weight excluding hydrogens is 262 g/mol. The first-order chi connectivity index (χ1) is 10.3. The summed E-state index contributed by atoms with van der Waals surface area (Å²) < 4.78 is 1.88. The summed E-state index contributed by atoms with van der Waals surface area (Å²) in [5.41, 5.74) is 2.00. The molecule has 0 aromatic carbocycles. The number of fused-ring (bicyclic) bond motifs is 1. The molecule has 0 atom stereocenters. The Morgan fingerprint density at radius 2 is 1.95 bits per heavy atom. The van der Waals surface area contributed by atoms with Crippen LogP contribution >= 0.6 is 0 Å². The van der Waals surface area contributed by atoms with Gasteiger partial charge in [0.05, 0.1) is 0 Å². The van der Waals surface area contributed by atoms with E-state index in [-0.39, 0.29) is 0 Å². The number of nitrogens with zero attached hydrogens (tertiary/aromatic N) is 3. The SMILES string of the molecule is Cc1cccc2nc(NCCNC3CCCCCC3)nn12. The van der Waals surface area contributed by atoms with Gasteiger partial charge in [0, 0.05) is 24.8 Å². The van der Waals surface area contributed by atoms with Crippen molar-refractivity contribution >= 4 is 11.6 Å². The van der Waals surface area contributed by atoms with Gasteiger partial charge in [-0.2, -0.15) is 4.98 Å². The van der Waals surface area contributed by atoms with E-state index in [1.54, 1.807) is 0 Å². The smallest absolute Gasteiger partial charge is 0.243 e. The highest BCUT2D eigenvalue weighted by Crippen LogP contribution is 2.16. The lowest BCUT2D eigenvalue weighted by molar-refractivity contribution is 0.468. The van der Waals surface area contributed by atoms with Crippen molar-refractivity contribution in [3.63, 3.8) is 0 Å². The number of hydrogen-bond donors (Lipinski definition) is 2. The van der Waals surface area contributed by atoms with Gasteiger partial charge in [0.2, 0.25) is 5.95 Å². The van der Waals surface area contributed by atoms with Crippen LogP contribution in [0.15, 0.2) is 18.2 Å². The lowest BCUT2D eigenvalue weighted by Crippen LogP contribution is -2.32. The molecule has 0 amide bonds. The second kappa shape index (κ2) is 6.89. The van der Waals surface area contributed by atoms with Crippen LogP contribution in [0.25, 0.3) is 5.65 Å². The molecule has 0 aliphatic heterocycles. The molecule has 1 aliphatic carbocycles. The van der Waals surface area contributed by atoms with Crippen molar-refractivity contribution < 1.29 is 0 Å². The number of aryl methyl sites for hydroxylation is 1. The summed E-state index contributed by atoms with van der Waals surface area (Å²) in [4.78, 5) is 4.49. The van der Waals surface area contributed by atoms with Crippen LogP contribution in [-0.4, -0.2) is 33.7 Å². The highest BCUT2D eigenvalue weighted by molar-refractivity contribution is 5.44. The summed E-state index contributed by atoms with van der Waals surface area (Å²) in [6, 6.07) is 6.73. The minimum absolute atomic E-state index is 0.700. The summed E-state index contributed by atoms with van der Waals surface area (Å²) in [5, 5.41) is 11.4. The lowest BCUT2D eigenvalue weighted by atomic mass is 10.1. The number of pyridine rings is 1. The van der Waals surface area contributed by atoms with Crippen LogP contribution in [0, 0.1) is 6.92 Å². The zero-order chi connectivity index (χ0) is 14.5. The Morgan fingerprint density at radius 1 is 1.14 bits per heavy atom. The maximum atomic E-state index is 4.49. The van der Waals surface area contributed by atoms with E-state index in [0.717, 1.165) is 24.4 Å². The van der Waals surface area contributed by atoms with Gasteiger partial charge >= 0.3 is 0 Å². The zero-order valence-corrected chi connectivity index (χ0v) is 12.8. The van der Waals surface area contributed by atoms with E-state index in [1.807, 2.05) is 29.6 Å². The molecule has 0 unspecified atom stereocenters. The largest absolute Gasteiger partial charge is 0.352 e. The van der Waals surface area contributed by atoms with E-state index in [9.17, 15) is 0 Å². The lowest BCUT2D eigenvalue weighted by Gasteiger charge is -2.15. The molecule has 2 aromatic heterocycles. The number of hydrogen-bond acceptors (Lipinski definition) is 4. The standard InChI is InChI=1S/C16H25N5/c1-13-7-6-10-15-19-16(20-21(13)15)18-12-11-17-14-8-4-2-3-5-9-14/h6-7,10,14,17H,2-5,8-9,11-12H2,1H3,(H,18,20). The van der Waals surface area contributed by atoms with E-state index in [4.69, 9.17) is 0 Å². The number of nitrogens with one attached hydrogen (secondary N) is 2. The van der Waals surface area contributed by atoms with Gasteiger partial charge in [0.25, 0.3) is 0 Å². The Bertz CT molecular complexity index is 569. The molecule has 0 saturated heterocycles. The van der Waals surface area contributed by atoms with Crippen LogP contribution in [0.2, 0.25) is 0 Å². The van der Waals surface area contributed by atoms with Crippen molar-refractivity contribution in [2.24, 2.45) is 0 Å². The van der Waals surface area contributed by atoms with Crippen LogP contribution in [0.5, 0.6) is 0 Å². The van der Waals surface area contributed by atoms with Gasteiger partial charge in [0.1, 0.15) is 0 Å². The maximum absolute atomic E-state index is 4.49. The fraction of sp³-hybridized carbons (Fsp3) is 0.625. The summed E-state index contributed by atoms with van der Waals surface area (Å²) in [7, 11) is 0. The molecule has 1 saturated carbocycles. The second-order valence-corrected chi connectivity index (χ2v) is 5.94. The first-order valence-electron chi connectivity index (χ1n) is 8.12. The highest BCUT2D eigenvalue weighted by Gasteiger charge is 2.11. The van der Waals surface area contributed by atoms with E-state index >= 15 is 0 Å². The third-order valence-corrected chi connectivity index (χ3v) is 4.25. The topological polar surface area (TPSA) is 54.2 Å². The molecule has 1 fully saturated rings. The molecule has 0 spiro atoms. The van der Waals surface area contributed by atoms with Gasteiger partial charge in [-0.05, 0) is 31.9 Å². The first-order valence-corrected chi connectivity index (χ1v) is 8.12. The van der Waals surface area contributed by atoms with Crippen molar-refractivity contribution in [1.29, 1.82) is 0 Å². The molecule has 2 aromatic rings. The predicted octanol–water partition coefficient (Wildman–Crippen LogP) is 2.76. The summed E-state index contributed by atoms with van der Waals surface area (Å²) in [6.45, 7) is 3.88. The van der Waals surface area contributed by atoms with Crippen molar-refractivity contribution in [2.45, 2.75) is 51.5 Å². The van der Waals surface area contributed by atoms with E-state index in [2.05, 4.69) is 20.7 Å². The number of anilines is 1. The Hall–Kier alpha value is -1.62. The molecule has 2 heterocycles. The van der Waals surface area contributed by atoms with Crippen molar-refractivity contribution in [3.8, 4) is 0 Å². The zero-order valence-electron chi connectivity index (χ0n) is 12.8. The summed E-state index contributed by atoms with van der Waals surface area (Å²) in [5.74, 6) is 0.715. The molecule has 3 rings (SSSR count). The molecule has 1 aliphatic rings. The molecular formula is C16H25N5. The Labute approximate surface area is 126 Å².